The molecule has 1 aliphatic rings. The van der Waals surface area contributed by atoms with Gasteiger partial charge in [-0.25, -0.2) is 0 Å². The Morgan fingerprint density at radius 3 is 2.83 bits per heavy atom. The first-order chi connectivity index (χ1) is 8.70. The molecule has 1 aromatic rings. The van der Waals surface area contributed by atoms with E-state index in [1.165, 1.54) is 32.1 Å². The average Bonchev–Trinajstić information content (AvgIpc) is 2.57. The Bertz CT molecular complexity index is 448. The Morgan fingerprint density at radius 1 is 1.28 bits per heavy atom. The van der Waals surface area contributed by atoms with Crippen molar-refractivity contribution in [3.05, 3.63) is 23.8 Å². The lowest BCUT2D eigenvalue weighted by Gasteiger charge is -2.24. The number of hydrogen-bond donors (Lipinski definition) is 2. The Balaban J connectivity index is 2.10. The van der Waals surface area contributed by atoms with Gasteiger partial charge in [-0.2, -0.15) is 5.26 Å². The molecule has 96 valence electrons. The standard InChI is InChI=1S/C15H21N3/c1-11-5-3-2-4-6-15(11)18-13-7-8-14(17)12(9-13)10-16/h7-9,11,15,18H,2-6,17H2,1H3. The van der Waals surface area contributed by atoms with Gasteiger partial charge in [-0.15, -0.1) is 0 Å². The van der Waals surface area contributed by atoms with Gasteiger partial charge in [0.1, 0.15) is 6.07 Å². The van der Waals surface area contributed by atoms with Gasteiger partial charge < -0.3 is 11.1 Å². The largest absolute Gasteiger partial charge is 0.398 e. The molecule has 0 aliphatic heterocycles. The summed E-state index contributed by atoms with van der Waals surface area (Å²) in [6, 6.07) is 8.28. The van der Waals surface area contributed by atoms with Crippen molar-refractivity contribution in [3.63, 3.8) is 0 Å². The van der Waals surface area contributed by atoms with Crippen LogP contribution in [0, 0.1) is 17.2 Å². The second kappa shape index (κ2) is 5.77. The minimum Gasteiger partial charge on any atom is -0.398 e. The van der Waals surface area contributed by atoms with Crippen molar-refractivity contribution in [2.24, 2.45) is 5.92 Å². The zero-order chi connectivity index (χ0) is 13.0. The summed E-state index contributed by atoms with van der Waals surface area (Å²) < 4.78 is 0. The van der Waals surface area contributed by atoms with E-state index >= 15 is 0 Å². The highest BCUT2D eigenvalue weighted by Crippen LogP contribution is 2.27. The van der Waals surface area contributed by atoms with Crippen molar-refractivity contribution < 1.29 is 0 Å². The lowest BCUT2D eigenvalue weighted by Crippen LogP contribution is -2.26. The van der Waals surface area contributed by atoms with Crippen LogP contribution in [-0.2, 0) is 0 Å². The molecule has 1 aliphatic carbocycles. The minimum absolute atomic E-state index is 0.516. The third-order valence-electron chi connectivity index (χ3n) is 3.89. The Morgan fingerprint density at radius 2 is 2.06 bits per heavy atom. The van der Waals surface area contributed by atoms with Crippen molar-refractivity contribution >= 4 is 11.4 Å². The maximum atomic E-state index is 8.99. The molecule has 3 nitrogen and oxygen atoms in total. The third-order valence-corrected chi connectivity index (χ3v) is 3.89. The molecule has 1 saturated carbocycles. The molecule has 0 aromatic heterocycles. The van der Waals surface area contributed by atoms with E-state index < -0.39 is 0 Å². The quantitative estimate of drug-likeness (QED) is 0.617. The van der Waals surface area contributed by atoms with Crippen LogP contribution in [0.15, 0.2) is 18.2 Å². The molecule has 3 heteroatoms. The molecule has 2 unspecified atom stereocenters. The van der Waals surface area contributed by atoms with Crippen LogP contribution in [0.1, 0.15) is 44.6 Å². The SMILES string of the molecule is CC1CCCCCC1Nc1ccc(N)c(C#N)c1. The van der Waals surface area contributed by atoms with Crippen LogP contribution >= 0.6 is 0 Å². The van der Waals surface area contributed by atoms with Crippen LogP contribution in [0.4, 0.5) is 11.4 Å². The van der Waals surface area contributed by atoms with E-state index in [-0.39, 0.29) is 0 Å². The molecule has 0 radical (unpaired) electrons. The van der Waals surface area contributed by atoms with Crippen molar-refractivity contribution in [1.82, 2.24) is 0 Å². The van der Waals surface area contributed by atoms with E-state index in [4.69, 9.17) is 11.0 Å². The predicted octanol–water partition coefficient (Wildman–Crippen LogP) is 3.52. The normalized spacial score (nSPS) is 24.0. The van der Waals surface area contributed by atoms with E-state index in [2.05, 4.69) is 18.3 Å². The number of benzene rings is 1. The van der Waals surface area contributed by atoms with Gasteiger partial charge in [0.05, 0.1) is 5.56 Å². The Labute approximate surface area is 109 Å². The lowest BCUT2D eigenvalue weighted by atomic mass is 9.96. The van der Waals surface area contributed by atoms with Gasteiger partial charge in [0.15, 0.2) is 0 Å². The van der Waals surface area contributed by atoms with Gasteiger partial charge in [0.25, 0.3) is 0 Å². The van der Waals surface area contributed by atoms with E-state index in [1.807, 2.05) is 18.2 Å². The molecule has 1 fully saturated rings. The number of nitrogens with two attached hydrogens (primary N) is 1. The van der Waals surface area contributed by atoms with Crippen molar-refractivity contribution in [3.8, 4) is 6.07 Å². The number of anilines is 2. The topological polar surface area (TPSA) is 61.8 Å². The summed E-state index contributed by atoms with van der Waals surface area (Å²) in [5.74, 6) is 0.690. The Hall–Kier alpha value is -1.69. The summed E-state index contributed by atoms with van der Waals surface area (Å²) in [6.45, 7) is 2.31. The molecular weight excluding hydrogens is 222 g/mol. The summed E-state index contributed by atoms with van der Waals surface area (Å²) in [6.07, 6.45) is 6.48. The van der Waals surface area contributed by atoms with E-state index in [0.717, 1.165) is 5.69 Å². The first kappa shape index (κ1) is 12.8. The predicted molar refractivity (Wildman–Crippen MR) is 75.2 cm³/mol. The summed E-state index contributed by atoms with van der Waals surface area (Å²) >= 11 is 0. The van der Waals surface area contributed by atoms with Gasteiger partial charge in [-0.3, -0.25) is 0 Å². The number of nitrogen functional groups attached to an aromatic ring is 1. The number of nitrogens with zero attached hydrogens (tertiary/aromatic N) is 1. The van der Waals surface area contributed by atoms with Crippen LogP contribution in [0.25, 0.3) is 0 Å². The highest BCUT2D eigenvalue weighted by molar-refractivity contribution is 5.62. The van der Waals surface area contributed by atoms with Crippen molar-refractivity contribution in [2.75, 3.05) is 11.1 Å². The summed E-state index contributed by atoms with van der Waals surface area (Å²) in [7, 11) is 0. The second-order valence-electron chi connectivity index (χ2n) is 5.28. The fourth-order valence-corrected chi connectivity index (χ4v) is 2.66. The molecule has 2 atom stereocenters. The van der Waals surface area contributed by atoms with Gasteiger partial charge in [0.2, 0.25) is 0 Å². The Kier molecular flexibility index (Phi) is 4.09. The first-order valence-corrected chi connectivity index (χ1v) is 6.77. The zero-order valence-electron chi connectivity index (χ0n) is 10.9. The lowest BCUT2D eigenvalue weighted by molar-refractivity contribution is 0.457. The fraction of sp³-hybridized carbons (Fsp3) is 0.533. The summed E-state index contributed by atoms with van der Waals surface area (Å²) in [5, 5.41) is 12.6. The maximum Gasteiger partial charge on any atom is 0.101 e. The fourth-order valence-electron chi connectivity index (χ4n) is 2.66. The number of nitriles is 1. The van der Waals surface area contributed by atoms with E-state index in [0.29, 0.717) is 23.2 Å². The zero-order valence-corrected chi connectivity index (χ0v) is 10.9. The van der Waals surface area contributed by atoms with Crippen molar-refractivity contribution in [2.45, 2.75) is 45.1 Å². The smallest absolute Gasteiger partial charge is 0.101 e. The molecule has 0 spiro atoms. The summed E-state index contributed by atoms with van der Waals surface area (Å²) in [4.78, 5) is 0. The highest BCUT2D eigenvalue weighted by atomic mass is 14.9. The van der Waals surface area contributed by atoms with E-state index in [1.54, 1.807) is 0 Å². The average molecular weight is 243 g/mol. The van der Waals surface area contributed by atoms with Crippen LogP contribution in [0.3, 0.4) is 0 Å². The first-order valence-electron chi connectivity index (χ1n) is 6.77. The number of hydrogen-bond acceptors (Lipinski definition) is 3. The molecular formula is C15H21N3. The molecule has 0 saturated heterocycles. The molecule has 2 rings (SSSR count). The molecule has 18 heavy (non-hydrogen) atoms. The van der Waals surface area contributed by atoms with Crippen LogP contribution in [-0.4, -0.2) is 6.04 Å². The van der Waals surface area contributed by atoms with Crippen LogP contribution in [0.5, 0.6) is 0 Å². The van der Waals surface area contributed by atoms with Gasteiger partial charge >= 0.3 is 0 Å². The third kappa shape index (κ3) is 2.95. The van der Waals surface area contributed by atoms with Crippen LogP contribution < -0.4 is 11.1 Å². The molecule has 0 bridgehead atoms. The second-order valence-corrected chi connectivity index (χ2v) is 5.28. The number of nitrogens with one attached hydrogen (secondary N) is 1. The highest BCUT2D eigenvalue weighted by Gasteiger charge is 2.19. The molecule has 0 amide bonds. The van der Waals surface area contributed by atoms with Gasteiger partial charge in [-0.1, -0.05) is 26.2 Å². The minimum atomic E-state index is 0.516. The summed E-state index contributed by atoms with van der Waals surface area (Å²) in [5.41, 5.74) is 7.86. The monoisotopic (exact) mass is 243 g/mol. The number of rotatable bonds is 2. The molecule has 1 aromatic carbocycles. The van der Waals surface area contributed by atoms with Crippen molar-refractivity contribution in [1.29, 1.82) is 5.26 Å². The molecule has 0 heterocycles. The van der Waals surface area contributed by atoms with Gasteiger partial charge in [0, 0.05) is 17.4 Å². The molecule has 3 N–H and O–H groups in total. The van der Waals surface area contributed by atoms with Gasteiger partial charge in [-0.05, 0) is 37.0 Å². The van der Waals surface area contributed by atoms with E-state index in [9.17, 15) is 0 Å². The van der Waals surface area contributed by atoms with Crippen LogP contribution in [0.2, 0.25) is 0 Å². The maximum absolute atomic E-state index is 8.99.